The summed E-state index contributed by atoms with van der Waals surface area (Å²) in [6.07, 6.45) is 0. The van der Waals surface area contributed by atoms with Crippen LogP contribution in [-0.4, -0.2) is 35.2 Å². The van der Waals surface area contributed by atoms with Gasteiger partial charge in [0.1, 0.15) is 0 Å². The molecule has 0 aliphatic carbocycles. The third-order valence-electron chi connectivity index (χ3n) is 2.72. The molecule has 1 aromatic carbocycles. The van der Waals surface area contributed by atoms with Gasteiger partial charge in [-0.05, 0) is 12.1 Å². The smallest absolute Gasteiger partial charge is 0.310 e. The highest BCUT2D eigenvalue weighted by molar-refractivity contribution is 7.89. The molecule has 0 saturated heterocycles. The van der Waals surface area contributed by atoms with Gasteiger partial charge < -0.3 is 4.74 Å². The second-order valence-electron chi connectivity index (χ2n) is 4.05. The lowest BCUT2D eigenvalue weighted by Gasteiger charge is -2.05. The third-order valence-corrected chi connectivity index (χ3v) is 3.59. The molecular weight excluding hydrogens is 302 g/mol. The summed E-state index contributed by atoms with van der Waals surface area (Å²) in [6.45, 7) is 0. The van der Waals surface area contributed by atoms with E-state index in [1.807, 2.05) is 0 Å². The molecule has 0 fully saturated rings. The van der Waals surface area contributed by atoms with Gasteiger partial charge in [0.2, 0.25) is 0 Å². The number of rotatable bonds is 4. The number of aromatic nitrogens is 3. The number of nitro benzene ring substituents is 1. The molecule has 0 unspecified atom stereocenters. The average Bonchev–Trinajstić information content (AvgIpc) is 2.79. The minimum Gasteiger partial charge on any atom is -0.490 e. The van der Waals surface area contributed by atoms with Crippen LogP contribution < -0.4 is 9.88 Å². The van der Waals surface area contributed by atoms with Crippen LogP contribution in [0.5, 0.6) is 5.75 Å². The highest BCUT2D eigenvalue weighted by Crippen LogP contribution is 2.31. The van der Waals surface area contributed by atoms with Crippen LogP contribution in [0, 0.1) is 10.1 Å². The number of nitro groups is 1. The van der Waals surface area contributed by atoms with E-state index < -0.39 is 20.1 Å². The Labute approximate surface area is 119 Å². The van der Waals surface area contributed by atoms with Crippen LogP contribution >= 0.6 is 0 Å². The van der Waals surface area contributed by atoms with Gasteiger partial charge in [0, 0.05) is 18.7 Å². The van der Waals surface area contributed by atoms with Gasteiger partial charge in [0.15, 0.2) is 11.6 Å². The molecule has 0 radical (unpaired) electrons. The first-order chi connectivity index (χ1) is 9.75. The quantitative estimate of drug-likeness (QED) is 0.620. The van der Waals surface area contributed by atoms with E-state index in [1.54, 1.807) is 0 Å². The predicted octanol–water partition coefficient (Wildman–Crippen LogP) is 0.0463. The number of nitrogens with zero attached hydrogens (tertiary/aromatic N) is 4. The Morgan fingerprint density at radius 3 is 2.52 bits per heavy atom. The van der Waals surface area contributed by atoms with Crippen molar-refractivity contribution in [2.75, 3.05) is 7.11 Å². The van der Waals surface area contributed by atoms with E-state index in [-0.39, 0.29) is 17.3 Å². The van der Waals surface area contributed by atoms with Gasteiger partial charge in [-0.15, -0.1) is 10.2 Å². The molecule has 0 saturated carbocycles. The van der Waals surface area contributed by atoms with Gasteiger partial charge in [-0.2, -0.15) is 0 Å². The molecule has 0 spiro atoms. The van der Waals surface area contributed by atoms with E-state index in [4.69, 9.17) is 9.88 Å². The van der Waals surface area contributed by atoms with Crippen LogP contribution in [0.3, 0.4) is 0 Å². The molecule has 2 N–H and O–H groups in total. The van der Waals surface area contributed by atoms with Crippen molar-refractivity contribution < 1.29 is 18.1 Å². The number of benzene rings is 1. The number of primary sulfonamides is 1. The van der Waals surface area contributed by atoms with E-state index in [9.17, 15) is 18.5 Å². The Kier molecular flexibility index (Phi) is 3.61. The predicted molar refractivity (Wildman–Crippen MR) is 71.0 cm³/mol. The molecule has 0 aliphatic rings. The van der Waals surface area contributed by atoms with Crippen molar-refractivity contribution >= 4 is 15.7 Å². The number of ether oxygens (including phenoxy) is 1. The second-order valence-corrected chi connectivity index (χ2v) is 5.51. The van der Waals surface area contributed by atoms with Gasteiger partial charge in [-0.1, -0.05) is 0 Å². The molecule has 11 heteroatoms. The largest absolute Gasteiger partial charge is 0.490 e. The Morgan fingerprint density at radius 2 is 2.05 bits per heavy atom. The number of methoxy groups -OCH3 is 1. The van der Waals surface area contributed by atoms with E-state index in [0.29, 0.717) is 5.56 Å². The topological polar surface area (TPSA) is 143 Å². The molecule has 0 amide bonds. The summed E-state index contributed by atoms with van der Waals surface area (Å²) in [6, 6.07) is 4.02. The van der Waals surface area contributed by atoms with E-state index >= 15 is 0 Å². The zero-order valence-electron chi connectivity index (χ0n) is 11.0. The lowest BCUT2D eigenvalue weighted by molar-refractivity contribution is -0.385. The molecule has 2 aromatic rings. The summed E-state index contributed by atoms with van der Waals surface area (Å²) < 4.78 is 28.7. The molecule has 0 bridgehead atoms. The van der Waals surface area contributed by atoms with Crippen molar-refractivity contribution in [3.8, 4) is 17.1 Å². The summed E-state index contributed by atoms with van der Waals surface area (Å²) in [5.74, 6) is 0.213. The van der Waals surface area contributed by atoms with Crippen molar-refractivity contribution in [2.45, 2.75) is 5.16 Å². The fraction of sp³-hybridized carbons (Fsp3) is 0.200. The molecule has 2 rings (SSSR count). The maximum Gasteiger partial charge on any atom is 0.310 e. The van der Waals surface area contributed by atoms with Gasteiger partial charge in [-0.25, -0.2) is 13.6 Å². The molecule has 1 aromatic heterocycles. The van der Waals surface area contributed by atoms with Gasteiger partial charge >= 0.3 is 5.69 Å². The SMILES string of the molecule is COc1cc(-c2nnc(S(N)(=O)=O)n2C)ccc1[N+](=O)[O-]. The zero-order chi connectivity index (χ0) is 15.8. The minimum absolute atomic E-state index is 0.0256. The van der Waals surface area contributed by atoms with E-state index in [2.05, 4.69) is 10.2 Å². The van der Waals surface area contributed by atoms with Crippen molar-refractivity contribution in [1.29, 1.82) is 0 Å². The molecule has 0 aliphatic heterocycles. The molecule has 1 heterocycles. The van der Waals surface area contributed by atoms with Crippen LogP contribution in [0.25, 0.3) is 11.4 Å². The highest BCUT2D eigenvalue weighted by atomic mass is 32.2. The fourth-order valence-electron chi connectivity index (χ4n) is 1.78. The van der Waals surface area contributed by atoms with Gasteiger partial charge in [-0.3, -0.25) is 14.7 Å². The van der Waals surface area contributed by atoms with Crippen LogP contribution in [0.15, 0.2) is 23.4 Å². The van der Waals surface area contributed by atoms with Crippen molar-refractivity contribution in [3.05, 3.63) is 28.3 Å². The first kappa shape index (κ1) is 14.9. The highest BCUT2D eigenvalue weighted by Gasteiger charge is 2.22. The number of hydrogen-bond donors (Lipinski definition) is 1. The van der Waals surface area contributed by atoms with E-state index in [0.717, 1.165) is 0 Å². The second kappa shape index (κ2) is 5.10. The minimum atomic E-state index is -4.01. The Balaban J connectivity index is 2.59. The number of sulfonamides is 1. The Morgan fingerprint density at radius 1 is 1.38 bits per heavy atom. The molecule has 21 heavy (non-hydrogen) atoms. The summed E-state index contributed by atoms with van der Waals surface area (Å²) in [7, 11) is -1.30. The molecule has 10 nitrogen and oxygen atoms in total. The first-order valence-electron chi connectivity index (χ1n) is 5.50. The van der Waals surface area contributed by atoms with Crippen molar-refractivity contribution in [2.24, 2.45) is 12.2 Å². The molecule has 112 valence electrons. The summed E-state index contributed by atoms with van der Waals surface area (Å²) in [5.41, 5.74) is 0.192. The lowest BCUT2D eigenvalue weighted by Crippen LogP contribution is -2.17. The Bertz CT molecular complexity index is 813. The van der Waals surface area contributed by atoms with Gasteiger partial charge in [0.25, 0.3) is 15.2 Å². The average molecular weight is 313 g/mol. The summed E-state index contributed by atoms with van der Waals surface area (Å²) in [4.78, 5) is 10.2. The Hall–Kier alpha value is -2.53. The van der Waals surface area contributed by atoms with Gasteiger partial charge in [0.05, 0.1) is 12.0 Å². The summed E-state index contributed by atoms with van der Waals surface area (Å²) in [5, 5.41) is 22.7. The zero-order valence-corrected chi connectivity index (χ0v) is 11.9. The van der Waals surface area contributed by atoms with Crippen LogP contribution in [0.2, 0.25) is 0 Å². The van der Waals surface area contributed by atoms with Crippen molar-refractivity contribution in [1.82, 2.24) is 14.8 Å². The van der Waals surface area contributed by atoms with Crippen molar-refractivity contribution in [3.63, 3.8) is 0 Å². The number of nitrogens with two attached hydrogens (primary N) is 1. The first-order valence-corrected chi connectivity index (χ1v) is 7.05. The van der Waals surface area contributed by atoms with Crippen LogP contribution in [0.1, 0.15) is 0 Å². The summed E-state index contributed by atoms with van der Waals surface area (Å²) >= 11 is 0. The molecule has 0 atom stereocenters. The third kappa shape index (κ3) is 2.68. The molecular formula is C10H11N5O5S. The van der Waals surface area contributed by atoms with Crippen LogP contribution in [0.4, 0.5) is 5.69 Å². The fourth-order valence-corrected chi connectivity index (χ4v) is 2.40. The normalized spacial score (nSPS) is 11.4. The van der Waals surface area contributed by atoms with E-state index in [1.165, 1.54) is 36.9 Å². The monoisotopic (exact) mass is 313 g/mol. The standard InChI is InChI=1S/C10H11N5O5S/c1-14-9(12-13-10(14)21(11,18)19)6-3-4-7(15(16)17)8(5-6)20-2/h3-5H,1-2H3,(H2,11,18,19). The maximum absolute atomic E-state index is 11.3. The maximum atomic E-state index is 11.3. The number of hydrogen-bond acceptors (Lipinski definition) is 7. The lowest BCUT2D eigenvalue weighted by atomic mass is 10.2. The van der Waals surface area contributed by atoms with Crippen LogP contribution in [-0.2, 0) is 17.1 Å².